The lowest BCUT2D eigenvalue weighted by atomic mass is 10.1. The van der Waals surface area contributed by atoms with Crippen LogP contribution in [0.5, 0.6) is 0 Å². The second kappa shape index (κ2) is 7.68. The van der Waals surface area contributed by atoms with E-state index in [2.05, 4.69) is 6.07 Å². The predicted octanol–water partition coefficient (Wildman–Crippen LogP) is 4.71. The Kier molecular flexibility index (Phi) is 5.54. The summed E-state index contributed by atoms with van der Waals surface area (Å²) < 4.78 is 0. The monoisotopic (exact) mass is 390 g/mol. The van der Waals surface area contributed by atoms with Crippen molar-refractivity contribution in [2.75, 3.05) is 16.3 Å². The van der Waals surface area contributed by atoms with Crippen molar-refractivity contribution in [2.24, 2.45) is 0 Å². The number of halogens is 2. The maximum Gasteiger partial charge on any atom is 0.229 e. The van der Waals surface area contributed by atoms with Gasteiger partial charge in [0, 0.05) is 47.4 Å². The van der Waals surface area contributed by atoms with Gasteiger partial charge in [-0.15, -0.1) is 0 Å². The van der Waals surface area contributed by atoms with E-state index in [1.807, 2.05) is 30.0 Å². The Morgan fingerprint density at radius 1 is 1.15 bits per heavy atom. The zero-order valence-corrected chi connectivity index (χ0v) is 16.2. The van der Waals surface area contributed by atoms with Gasteiger partial charge in [-0.3, -0.25) is 9.59 Å². The number of para-hydroxylation sites is 1. The fourth-order valence-corrected chi connectivity index (χ4v) is 3.95. The Morgan fingerprint density at radius 3 is 2.46 bits per heavy atom. The molecule has 1 heterocycles. The van der Waals surface area contributed by atoms with E-state index in [1.54, 1.807) is 18.2 Å². The molecule has 0 aliphatic carbocycles. The third kappa shape index (κ3) is 3.87. The maximum atomic E-state index is 12.8. The van der Waals surface area contributed by atoms with E-state index >= 15 is 0 Å². The minimum Gasteiger partial charge on any atom is -0.312 e. The van der Waals surface area contributed by atoms with Gasteiger partial charge in [0.2, 0.25) is 11.8 Å². The van der Waals surface area contributed by atoms with Crippen molar-refractivity contribution in [2.45, 2.75) is 32.7 Å². The second-order valence-corrected chi connectivity index (χ2v) is 7.37. The number of carbonyl (C=O) groups is 2. The smallest absolute Gasteiger partial charge is 0.229 e. The number of nitrogens with zero attached hydrogens (tertiary/aromatic N) is 2. The molecule has 0 fully saturated rings. The first kappa shape index (κ1) is 18.7. The second-order valence-electron chi connectivity index (χ2n) is 6.49. The zero-order valence-electron chi connectivity index (χ0n) is 14.7. The van der Waals surface area contributed by atoms with Crippen LogP contribution in [0.2, 0.25) is 10.0 Å². The van der Waals surface area contributed by atoms with Gasteiger partial charge in [-0.25, -0.2) is 0 Å². The average Bonchev–Trinajstić information content (AvgIpc) is 2.89. The van der Waals surface area contributed by atoms with E-state index < -0.39 is 0 Å². The summed E-state index contributed by atoms with van der Waals surface area (Å²) in [5, 5.41) is 0.902. The zero-order chi connectivity index (χ0) is 18.8. The van der Waals surface area contributed by atoms with Crippen LogP contribution >= 0.6 is 23.2 Å². The molecule has 2 amide bonds. The van der Waals surface area contributed by atoms with Crippen molar-refractivity contribution < 1.29 is 9.59 Å². The predicted molar refractivity (Wildman–Crippen MR) is 106 cm³/mol. The van der Waals surface area contributed by atoms with Crippen LogP contribution < -0.4 is 9.80 Å². The summed E-state index contributed by atoms with van der Waals surface area (Å²) in [6.45, 7) is 3.78. The molecule has 0 saturated carbocycles. The molecule has 3 rings (SSSR count). The van der Waals surface area contributed by atoms with Crippen LogP contribution in [0, 0.1) is 0 Å². The molecule has 136 valence electrons. The molecule has 1 aliphatic rings. The van der Waals surface area contributed by atoms with Gasteiger partial charge in [0.25, 0.3) is 0 Å². The maximum absolute atomic E-state index is 12.8. The number of rotatable bonds is 4. The lowest BCUT2D eigenvalue weighted by molar-refractivity contribution is -0.119. The van der Waals surface area contributed by atoms with Gasteiger partial charge in [-0.2, -0.15) is 0 Å². The number of hydrogen-bond donors (Lipinski definition) is 0. The molecule has 0 radical (unpaired) electrons. The third-order valence-corrected chi connectivity index (χ3v) is 5.00. The van der Waals surface area contributed by atoms with Crippen molar-refractivity contribution in [1.82, 2.24) is 0 Å². The van der Waals surface area contributed by atoms with Gasteiger partial charge in [-0.1, -0.05) is 41.4 Å². The first-order valence-electron chi connectivity index (χ1n) is 8.51. The van der Waals surface area contributed by atoms with E-state index in [-0.39, 0.29) is 30.8 Å². The van der Waals surface area contributed by atoms with Crippen LogP contribution in [0.15, 0.2) is 42.5 Å². The van der Waals surface area contributed by atoms with Crippen molar-refractivity contribution >= 4 is 46.4 Å². The Labute approximate surface area is 163 Å². The van der Waals surface area contributed by atoms with Crippen molar-refractivity contribution in [3.8, 4) is 0 Å². The van der Waals surface area contributed by atoms with E-state index in [4.69, 9.17) is 23.2 Å². The van der Waals surface area contributed by atoms with Crippen molar-refractivity contribution in [3.05, 3.63) is 58.1 Å². The molecule has 2 aromatic rings. The Balaban J connectivity index is 1.76. The number of hydrogen-bond acceptors (Lipinski definition) is 2. The highest BCUT2D eigenvalue weighted by atomic mass is 35.5. The standard InChI is InChI=1S/C20H20Cl2N2O2/c1-13-9-15-5-3-4-6-19(15)24(13)20(26)7-8-23(14(2)25)18-11-16(21)10-17(22)12-18/h3-6,10-13H,7-9H2,1-2H3. The van der Waals surface area contributed by atoms with Crippen LogP contribution in [0.1, 0.15) is 25.8 Å². The SMILES string of the molecule is CC(=O)N(CCC(=O)N1c2ccccc2CC1C)c1cc(Cl)cc(Cl)c1. The molecular weight excluding hydrogens is 371 g/mol. The number of carbonyl (C=O) groups excluding carboxylic acids is 2. The van der Waals surface area contributed by atoms with Crippen LogP contribution in [0.3, 0.4) is 0 Å². The highest BCUT2D eigenvalue weighted by molar-refractivity contribution is 6.35. The molecule has 4 nitrogen and oxygen atoms in total. The Hall–Kier alpha value is -2.04. The number of amides is 2. The summed E-state index contributed by atoms with van der Waals surface area (Å²) in [5.41, 5.74) is 2.74. The fraction of sp³-hybridized carbons (Fsp3) is 0.300. The van der Waals surface area contributed by atoms with E-state index in [0.29, 0.717) is 15.7 Å². The topological polar surface area (TPSA) is 40.6 Å². The lowest BCUT2D eigenvalue weighted by Gasteiger charge is -2.26. The molecule has 0 bridgehead atoms. The summed E-state index contributed by atoms with van der Waals surface area (Å²) in [6.07, 6.45) is 1.07. The summed E-state index contributed by atoms with van der Waals surface area (Å²) >= 11 is 12.1. The largest absolute Gasteiger partial charge is 0.312 e. The first-order chi connectivity index (χ1) is 12.4. The van der Waals surface area contributed by atoms with Gasteiger partial charge in [0.15, 0.2) is 0 Å². The molecule has 1 atom stereocenters. The van der Waals surface area contributed by atoms with Gasteiger partial charge in [0.05, 0.1) is 0 Å². The summed E-state index contributed by atoms with van der Waals surface area (Å²) in [5.74, 6) is -0.159. The highest BCUT2D eigenvalue weighted by Gasteiger charge is 2.30. The summed E-state index contributed by atoms with van der Waals surface area (Å²) in [4.78, 5) is 28.3. The third-order valence-electron chi connectivity index (χ3n) is 4.56. The summed E-state index contributed by atoms with van der Waals surface area (Å²) in [6, 6.07) is 13.0. The molecular formula is C20H20Cl2N2O2. The molecule has 0 N–H and O–H groups in total. The van der Waals surface area contributed by atoms with E-state index in [1.165, 1.54) is 17.4 Å². The normalized spacial score (nSPS) is 15.7. The summed E-state index contributed by atoms with van der Waals surface area (Å²) in [7, 11) is 0. The Bertz CT molecular complexity index is 833. The molecule has 1 unspecified atom stereocenters. The number of fused-ring (bicyclic) bond motifs is 1. The van der Waals surface area contributed by atoms with Crippen LogP contribution in [-0.2, 0) is 16.0 Å². The molecule has 0 spiro atoms. The van der Waals surface area contributed by atoms with Crippen molar-refractivity contribution in [1.29, 1.82) is 0 Å². The quantitative estimate of drug-likeness (QED) is 0.757. The highest BCUT2D eigenvalue weighted by Crippen LogP contribution is 2.32. The van der Waals surface area contributed by atoms with Gasteiger partial charge in [-0.05, 0) is 43.2 Å². The number of anilines is 2. The molecule has 1 aliphatic heterocycles. The van der Waals surface area contributed by atoms with Crippen LogP contribution in [0.4, 0.5) is 11.4 Å². The van der Waals surface area contributed by atoms with Gasteiger partial charge in [0.1, 0.15) is 0 Å². The first-order valence-corrected chi connectivity index (χ1v) is 9.26. The minimum atomic E-state index is -0.161. The van der Waals surface area contributed by atoms with E-state index in [0.717, 1.165) is 12.1 Å². The molecule has 0 aromatic heterocycles. The average molecular weight is 391 g/mol. The minimum absolute atomic E-state index is 0.00169. The molecule has 2 aromatic carbocycles. The lowest BCUT2D eigenvalue weighted by Crippen LogP contribution is -2.39. The molecule has 26 heavy (non-hydrogen) atoms. The fourth-order valence-electron chi connectivity index (χ4n) is 3.44. The molecule has 6 heteroatoms. The van der Waals surface area contributed by atoms with Crippen molar-refractivity contribution in [3.63, 3.8) is 0 Å². The van der Waals surface area contributed by atoms with Crippen LogP contribution in [-0.4, -0.2) is 24.4 Å². The van der Waals surface area contributed by atoms with Crippen LogP contribution in [0.25, 0.3) is 0 Å². The van der Waals surface area contributed by atoms with Gasteiger partial charge >= 0.3 is 0 Å². The van der Waals surface area contributed by atoms with E-state index in [9.17, 15) is 9.59 Å². The Morgan fingerprint density at radius 2 is 1.81 bits per heavy atom. The van der Waals surface area contributed by atoms with Gasteiger partial charge < -0.3 is 9.80 Å². The molecule has 0 saturated heterocycles. The number of benzene rings is 2.